The van der Waals surface area contributed by atoms with E-state index >= 15 is 0 Å². The molecule has 3 aromatic carbocycles. The maximum Gasteiger partial charge on any atom is 0.261 e. The van der Waals surface area contributed by atoms with Crippen molar-refractivity contribution in [1.82, 2.24) is 10.2 Å². The molecule has 0 radical (unpaired) electrons. The molecule has 0 spiro atoms. The number of hydrogen-bond acceptors (Lipinski definition) is 5. The Kier molecular flexibility index (Phi) is 10.6. The average Bonchev–Trinajstić information content (AvgIpc) is 2.92. The number of carbonyl (C=O) groups is 2. The Morgan fingerprint density at radius 2 is 1.47 bits per heavy atom. The van der Waals surface area contributed by atoms with Crippen molar-refractivity contribution in [2.75, 3.05) is 27.4 Å². The largest absolute Gasteiger partial charge is 0.496 e. The van der Waals surface area contributed by atoms with Gasteiger partial charge in [-0.25, -0.2) is 0 Å². The monoisotopic (exact) mass is 518 g/mol. The van der Waals surface area contributed by atoms with Gasteiger partial charge in [0.25, 0.3) is 5.91 Å². The first-order valence-electron chi connectivity index (χ1n) is 12.8. The van der Waals surface area contributed by atoms with Crippen molar-refractivity contribution in [3.05, 3.63) is 89.5 Å². The van der Waals surface area contributed by atoms with Crippen LogP contribution in [0.1, 0.15) is 30.5 Å². The molecule has 202 valence electrons. The van der Waals surface area contributed by atoms with E-state index in [2.05, 4.69) is 5.32 Å². The van der Waals surface area contributed by atoms with E-state index in [1.54, 1.807) is 37.3 Å². The summed E-state index contributed by atoms with van der Waals surface area (Å²) in [5, 5.41) is 3.03. The number of rotatable bonds is 13. The van der Waals surface area contributed by atoms with Gasteiger partial charge in [-0.3, -0.25) is 9.59 Å². The predicted octanol–water partition coefficient (Wildman–Crippen LogP) is 4.80. The molecule has 0 heterocycles. The van der Waals surface area contributed by atoms with Gasteiger partial charge in [-0.15, -0.1) is 0 Å². The Balaban J connectivity index is 1.91. The summed E-state index contributed by atoms with van der Waals surface area (Å²) in [6.45, 7) is 6.64. The van der Waals surface area contributed by atoms with Gasteiger partial charge in [0.1, 0.15) is 23.3 Å². The van der Waals surface area contributed by atoms with Crippen molar-refractivity contribution in [3.63, 3.8) is 0 Å². The van der Waals surface area contributed by atoms with Crippen molar-refractivity contribution < 1.29 is 23.8 Å². The molecule has 0 saturated carbocycles. The average molecular weight is 519 g/mol. The molecule has 1 atom stereocenters. The Morgan fingerprint density at radius 3 is 2.08 bits per heavy atom. The zero-order valence-corrected chi connectivity index (χ0v) is 22.9. The van der Waals surface area contributed by atoms with E-state index in [0.717, 1.165) is 16.7 Å². The molecule has 2 amide bonds. The Hall–Kier alpha value is -4.00. The summed E-state index contributed by atoms with van der Waals surface area (Å²) in [7, 11) is 3.11. The van der Waals surface area contributed by atoms with Crippen molar-refractivity contribution in [1.29, 1.82) is 0 Å². The minimum atomic E-state index is -0.715. The lowest BCUT2D eigenvalue weighted by molar-refractivity contribution is -0.142. The highest BCUT2D eigenvalue weighted by molar-refractivity contribution is 5.88. The SMILES string of the molecule is COc1cc(OC)cc(OCC(=O)N(Cc2cccc(C)c2)[C@@H](Cc2ccccc2)C(=O)NCC(C)C)c1. The van der Waals surface area contributed by atoms with Gasteiger partial charge in [-0.05, 0) is 24.0 Å². The second-order valence-electron chi connectivity index (χ2n) is 9.69. The Morgan fingerprint density at radius 1 is 0.842 bits per heavy atom. The summed E-state index contributed by atoms with van der Waals surface area (Å²) < 4.78 is 16.5. The van der Waals surface area contributed by atoms with Crippen LogP contribution in [0.3, 0.4) is 0 Å². The highest BCUT2D eigenvalue weighted by Crippen LogP contribution is 2.27. The number of nitrogens with zero attached hydrogens (tertiary/aromatic N) is 1. The van der Waals surface area contributed by atoms with Crippen LogP contribution in [0.4, 0.5) is 0 Å². The Bertz CT molecular complexity index is 1170. The van der Waals surface area contributed by atoms with Crippen LogP contribution in [0.25, 0.3) is 0 Å². The third-order valence-corrected chi connectivity index (χ3v) is 6.08. The van der Waals surface area contributed by atoms with Gasteiger partial charge in [0, 0.05) is 37.7 Å². The van der Waals surface area contributed by atoms with Crippen LogP contribution in [0.2, 0.25) is 0 Å². The van der Waals surface area contributed by atoms with Crippen LogP contribution in [-0.4, -0.2) is 50.1 Å². The first-order chi connectivity index (χ1) is 18.3. The van der Waals surface area contributed by atoms with Gasteiger partial charge in [0.05, 0.1) is 14.2 Å². The third-order valence-electron chi connectivity index (χ3n) is 6.08. The first kappa shape index (κ1) is 28.6. The van der Waals surface area contributed by atoms with E-state index < -0.39 is 6.04 Å². The molecule has 0 aliphatic rings. The van der Waals surface area contributed by atoms with Crippen LogP contribution < -0.4 is 19.5 Å². The molecule has 3 rings (SSSR count). The molecule has 0 aromatic heterocycles. The smallest absolute Gasteiger partial charge is 0.261 e. The number of hydrogen-bond donors (Lipinski definition) is 1. The summed E-state index contributed by atoms with van der Waals surface area (Å²) in [4.78, 5) is 28.9. The second kappa shape index (κ2) is 14.1. The van der Waals surface area contributed by atoms with Gasteiger partial charge < -0.3 is 24.4 Å². The number of benzene rings is 3. The molecule has 1 N–H and O–H groups in total. The van der Waals surface area contributed by atoms with E-state index in [1.807, 2.05) is 75.4 Å². The van der Waals surface area contributed by atoms with Crippen LogP contribution in [0.15, 0.2) is 72.8 Å². The minimum absolute atomic E-state index is 0.188. The van der Waals surface area contributed by atoms with Crippen molar-refractivity contribution in [3.8, 4) is 17.2 Å². The van der Waals surface area contributed by atoms with E-state index in [4.69, 9.17) is 14.2 Å². The fourth-order valence-electron chi connectivity index (χ4n) is 4.08. The minimum Gasteiger partial charge on any atom is -0.496 e. The summed E-state index contributed by atoms with van der Waals surface area (Å²) in [5.41, 5.74) is 2.99. The topological polar surface area (TPSA) is 77.1 Å². The maximum absolute atomic E-state index is 13.7. The molecule has 38 heavy (non-hydrogen) atoms. The number of carbonyl (C=O) groups excluding carboxylic acids is 2. The molecular formula is C31H38N2O5. The summed E-state index contributed by atoms with van der Waals surface area (Å²) >= 11 is 0. The molecule has 0 aliphatic carbocycles. The lowest BCUT2D eigenvalue weighted by Crippen LogP contribution is -2.52. The number of aryl methyl sites for hydroxylation is 1. The lowest BCUT2D eigenvalue weighted by Gasteiger charge is -2.32. The number of nitrogens with one attached hydrogen (secondary N) is 1. The van der Waals surface area contributed by atoms with E-state index in [9.17, 15) is 9.59 Å². The maximum atomic E-state index is 13.7. The Labute approximate surface area is 225 Å². The molecular weight excluding hydrogens is 480 g/mol. The normalized spacial score (nSPS) is 11.5. The predicted molar refractivity (Wildman–Crippen MR) is 149 cm³/mol. The van der Waals surface area contributed by atoms with Gasteiger partial charge in [0.15, 0.2) is 6.61 Å². The zero-order chi connectivity index (χ0) is 27.5. The van der Waals surface area contributed by atoms with Crippen LogP contribution >= 0.6 is 0 Å². The summed E-state index contributed by atoms with van der Waals surface area (Å²) in [6.07, 6.45) is 0.384. The molecule has 3 aromatic rings. The highest BCUT2D eigenvalue weighted by atomic mass is 16.5. The third kappa shape index (κ3) is 8.54. The molecule has 0 fully saturated rings. The fourth-order valence-corrected chi connectivity index (χ4v) is 4.08. The number of ether oxygens (including phenoxy) is 3. The van der Waals surface area contributed by atoms with Gasteiger partial charge in [-0.2, -0.15) is 0 Å². The van der Waals surface area contributed by atoms with Crippen molar-refractivity contribution in [2.24, 2.45) is 5.92 Å². The first-order valence-corrected chi connectivity index (χ1v) is 12.8. The highest BCUT2D eigenvalue weighted by Gasteiger charge is 2.30. The van der Waals surface area contributed by atoms with Gasteiger partial charge in [0.2, 0.25) is 5.91 Å². The summed E-state index contributed by atoms with van der Waals surface area (Å²) in [5.74, 6) is 1.34. The van der Waals surface area contributed by atoms with E-state index in [1.165, 1.54) is 0 Å². The quantitative estimate of drug-likeness (QED) is 0.352. The van der Waals surface area contributed by atoms with E-state index in [-0.39, 0.29) is 30.9 Å². The zero-order valence-electron chi connectivity index (χ0n) is 22.9. The number of amides is 2. The molecule has 7 heteroatoms. The van der Waals surface area contributed by atoms with Crippen LogP contribution in [0.5, 0.6) is 17.2 Å². The van der Waals surface area contributed by atoms with Crippen molar-refractivity contribution in [2.45, 2.75) is 39.8 Å². The second-order valence-corrected chi connectivity index (χ2v) is 9.69. The van der Waals surface area contributed by atoms with Gasteiger partial charge >= 0.3 is 0 Å². The standard InChI is InChI=1S/C31H38N2O5/c1-22(2)19-32-31(35)29(15-24-11-7-6-8-12-24)33(20-25-13-9-10-23(3)14-25)30(34)21-38-28-17-26(36-4)16-27(18-28)37-5/h6-14,16-18,22,29H,15,19-21H2,1-5H3,(H,32,35)/t29-/m0/s1. The molecule has 0 bridgehead atoms. The van der Waals surface area contributed by atoms with Crippen LogP contribution in [-0.2, 0) is 22.6 Å². The van der Waals surface area contributed by atoms with E-state index in [0.29, 0.717) is 30.2 Å². The molecule has 0 saturated heterocycles. The number of methoxy groups -OCH3 is 2. The molecule has 7 nitrogen and oxygen atoms in total. The lowest BCUT2D eigenvalue weighted by atomic mass is 10.0. The summed E-state index contributed by atoms with van der Waals surface area (Å²) in [6, 6.07) is 22.1. The fraction of sp³-hybridized carbons (Fsp3) is 0.355. The molecule has 0 unspecified atom stereocenters. The van der Waals surface area contributed by atoms with Crippen LogP contribution in [0, 0.1) is 12.8 Å². The molecule has 0 aliphatic heterocycles. The van der Waals surface area contributed by atoms with Crippen molar-refractivity contribution >= 4 is 11.8 Å². The van der Waals surface area contributed by atoms with Gasteiger partial charge in [-0.1, -0.05) is 74.0 Å².